The van der Waals surface area contributed by atoms with Crippen LogP contribution in [0.3, 0.4) is 0 Å². The van der Waals surface area contributed by atoms with Crippen molar-refractivity contribution in [2.24, 2.45) is 5.41 Å². The van der Waals surface area contributed by atoms with Crippen molar-refractivity contribution in [1.82, 2.24) is 10.6 Å². The van der Waals surface area contributed by atoms with Crippen molar-refractivity contribution >= 4 is 33.4 Å². The monoisotopic (exact) mass is 470 g/mol. The number of carbonyl (C=O) groups excluding carboxylic acids is 2. The van der Waals surface area contributed by atoms with Gasteiger partial charge in [0.25, 0.3) is 0 Å². The zero-order valence-electron chi connectivity index (χ0n) is 19.9. The van der Waals surface area contributed by atoms with Gasteiger partial charge in [-0.05, 0) is 46.5 Å². The van der Waals surface area contributed by atoms with Gasteiger partial charge >= 0.3 is 0 Å². The van der Waals surface area contributed by atoms with Crippen molar-refractivity contribution in [2.75, 3.05) is 13.2 Å². The second-order valence-corrected chi connectivity index (χ2v) is 9.18. The molecule has 0 radical (unpaired) electrons. The molecule has 4 aromatic rings. The van der Waals surface area contributed by atoms with E-state index in [1.165, 1.54) is 13.8 Å². The van der Waals surface area contributed by atoms with Crippen molar-refractivity contribution in [1.29, 1.82) is 0 Å². The highest BCUT2D eigenvalue weighted by Crippen LogP contribution is 2.28. The summed E-state index contributed by atoms with van der Waals surface area (Å²) in [6.45, 7) is 2.44. The van der Waals surface area contributed by atoms with Crippen LogP contribution in [0, 0.1) is 5.41 Å². The summed E-state index contributed by atoms with van der Waals surface area (Å²) < 4.78 is 0. The van der Waals surface area contributed by atoms with Gasteiger partial charge in [-0.1, -0.05) is 84.9 Å². The van der Waals surface area contributed by atoms with Crippen LogP contribution in [-0.4, -0.2) is 35.2 Å². The third kappa shape index (κ3) is 4.90. The lowest BCUT2D eigenvalue weighted by molar-refractivity contribution is -0.142. The summed E-state index contributed by atoms with van der Waals surface area (Å²) in [4.78, 5) is 26.5. The summed E-state index contributed by atoms with van der Waals surface area (Å²) >= 11 is 0. The topological polar surface area (TPSA) is 98.7 Å². The van der Waals surface area contributed by atoms with Crippen LogP contribution in [0.1, 0.15) is 37.1 Å². The van der Waals surface area contributed by atoms with Crippen molar-refractivity contribution in [3.63, 3.8) is 0 Å². The molecule has 0 fully saturated rings. The smallest absolute Gasteiger partial charge is 0.235 e. The number of nitrogens with one attached hydrogen (secondary N) is 2. The molecule has 0 heterocycles. The van der Waals surface area contributed by atoms with Gasteiger partial charge in [-0.2, -0.15) is 0 Å². The fourth-order valence-corrected chi connectivity index (χ4v) is 4.33. The molecule has 35 heavy (non-hydrogen) atoms. The maximum atomic E-state index is 13.3. The Balaban J connectivity index is 1.54. The Kier molecular flexibility index (Phi) is 7.15. The van der Waals surface area contributed by atoms with Gasteiger partial charge in [-0.3, -0.25) is 9.59 Å². The van der Waals surface area contributed by atoms with Crippen molar-refractivity contribution in [3.8, 4) is 0 Å². The second kappa shape index (κ2) is 10.3. The van der Waals surface area contributed by atoms with E-state index in [0.29, 0.717) is 0 Å². The highest BCUT2D eigenvalue weighted by molar-refractivity contribution is 6.04. The third-order valence-electron chi connectivity index (χ3n) is 6.51. The van der Waals surface area contributed by atoms with Gasteiger partial charge in [-0.25, -0.2) is 0 Å². The predicted molar refractivity (Wildman–Crippen MR) is 138 cm³/mol. The molecule has 0 spiro atoms. The van der Waals surface area contributed by atoms with Gasteiger partial charge < -0.3 is 20.8 Å². The summed E-state index contributed by atoms with van der Waals surface area (Å²) in [5.74, 6) is -1.03. The van der Waals surface area contributed by atoms with Crippen LogP contribution >= 0.6 is 0 Å². The molecule has 0 saturated carbocycles. The van der Waals surface area contributed by atoms with Crippen LogP contribution in [-0.2, 0) is 9.59 Å². The molecule has 2 amide bonds. The van der Waals surface area contributed by atoms with Gasteiger partial charge in [-0.15, -0.1) is 0 Å². The second-order valence-electron chi connectivity index (χ2n) is 9.18. The van der Waals surface area contributed by atoms with Gasteiger partial charge in [0, 0.05) is 0 Å². The Morgan fingerprint density at radius 1 is 0.657 bits per heavy atom. The number of amides is 2. The molecule has 0 aliphatic rings. The lowest BCUT2D eigenvalue weighted by Gasteiger charge is -2.29. The lowest BCUT2D eigenvalue weighted by Crippen LogP contribution is -2.50. The van der Waals surface area contributed by atoms with Crippen LogP contribution in [0.25, 0.3) is 21.5 Å². The molecule has 0 aliphatic heterocycles. The van der Waals surface area contributed by atoms with E-state index in [9.17, 15) is 19.8 Å². The van der Waals surface area contributed by atoms with E-state index in [0.717, 1.165) is 32.7 Å². The first-order valence-electron chi connectivity index (χ1n) is 11.7. The number of hydrogen-bond acceptors (Lipinski definition) is 4. The Bertz CT molecular complexity index is 1250. The number of aliphatic hydroxyl groups is 2. The average molecular weight is 471 g/mol. The van der Waals surface area contributed by atoms with Gasteiger partial charge in [0.2, 0.25) is 11.8 Å². The summed E-state index contributed by atoms with van der Waals surface area (Å²) in [5, 5.41) is 29.7. The van der Waals surface area contributed by atoms with Crippen LogP contribution in [0.5, 0.6) is 0 Å². The molecule has 6 nitrogen and oxygen atoms in total. The van der Waals surface area contributed by atoms with Gasteiger partial charge in [0.05, 0.1) is 25.3 Å². The van der Waals surface area contributed by atoms with E-state index in [2.05, 4.69) is 10.6 Å². The SMILES string of the molecule is CC(C)(C(=O)N[C@@H](CO)c1cccc2ccccc12)C(=O)N[C@@H](CO)c1cccc2ccccc12. The average Bonchev–Trinajstić information content (AvgIpc) is 2.89. The van der Waals surface area contributed by atoms with E-state index in [1.54, 1.807) is 0 Å². The first-order chi connectivity index (χ1) is 16.9. The minimum absolute atomic E-state index is 0.313. The van der Waals surface area contributed by atoms with E-state index in [1.807, 2.05) is 84.9 Å². The van der Waals surface area contributed by atoms with Gasteiger partial charge in [0.1, 0.15) is 5.41 Å². The number of hydrogen-bond donors (Lipinski definition) is 4. The molecule has 4 aromatic carbocycles. The maximum absolute atomic E-state index is 13.3. The molecular weight excluding hydrogens is 440 g/mol. The van der Waals surface area contributed by atoms with Crippen LogP contribution in [0.4, 0.5) is 0 Å². The Morgan fingerprint density at radius 3 is 1.43 bits per heavy atom. The minimum Gasteiger partial charge on any atom is -0.394 e. The fourth-order valence-electron chi connectivity index (χ4n) is 4.33. The molecule has 2 atom stereocenters. The van der Waals surface area contributed by atoms with E-state index in [-0.39, 0.29) is 13.2 Å². The first kappa shape index (κ1) is 24.4. The van der Waals surface area contributed by atoms with Crippen LogP contribution < -0.4 is 10.6 Å². The number of fused-ring (bicyclic) bond motifs is 2. The zero-order chi connectivity index (χ0) is 25.0. The molecule has 0 bridgehead atoms. The molecule has 0 aliphatic carbocycles. The molecule has 0 unspecified atom stereocenters. The summed E-state index contributed by atoms with van der Waals surface area (Å²) in [5.41, 5.74) is 0.106. The quantitative estimate of drug-likeness (QED) is 0.292. The predicted octanol–water partition coefficient (Wildman–Crippen LogP) is 4.02. The normalized spacial score (nSPS) is 13.4. The summed E-state index contributed by atoms with van der Waals surface area (Å²) in [6, 6.07) is 25.5. The fraction of sp³-hybridized carbons (Fsp3) is 0.241. The Hall–Kier alpha value is -3.74. The number of carbonyl (C=O) groups is 2. The molecule has 0 aromatic heterocycles. The van der Waals surface area contributed by atoms with E-state index < -0.39 is 29.3 Å². The highest BCUT2D eigenvalue weighted by atomic mass is 16.3. The minimum atomic E-state index is -1.45. The third-order valence-corrected chi connectivity index (χ3v) is 6.51. The van der Waals surface area contributed by atoms with Crippen LogP contribution in [0.15, 0.2) is 84.9 Å². The molecule has 180 valence electrons. The summed E-state index contributed by atoms with van der Waals surface area (Å²) in [7, 11) is 0. The number of aliphatic hydroxyl groups excluding tert-OH is 2. The molecular formula is C29H30N2O4. The molecule has 4 rings (SSSR count). The van der Waals surface area contributed by atoms with Crippen molar-refractivity contribution < 1.29 is 19.8 Å². The largest absolute Gasteiger partial charge is 0.394 e. The van der Waals surface area contributed by atoms with Crippen molar-refractivity contribution in [3.05, 3.63) is 96.1 Å². The summed E-state index contributed by atoms with van der Waals surface area (Å²) in [6.07, 6.45) is 0. The number of rotatable bonds is 8. The Labute approximate surface area is 204 Å². The van der Waals surface area contributed by atoms with Gasteiger partial charge in [0.15, 0.2) is 0 Å². The van der Waals surface area contributed by atoms with E-state index in [4.69, 9.17) is 0 Å². The van der Waals surface area contributed by atoms with Crippen LogP contribution in [0.2, 0.25) is 0 Å². The Morgan fingerprint density at radius 2 is 1.03 bits per heavy atom. The zero-order valence-corrected chi connectivity index (χ0v) is 19.9. The van der Waals surface area contributed by atoms with Crippen molar-refractivity contribution in [2.45, 2.75) is 25.9 Å². The highest BCUT2D eigenvalue weighted by Gasteiger charge is 2.38. The first-order valence-corrected chi connectivity index (χ1v) is 11.7. The molecule has 6 heteroatoms. The lowest BCUT2D eigenvalue weighted by atomic mass is 9.89. The molecule has 0 saturated heterocycles. The standard InChI is InChI=1S/C29H30N2O4/c1-29(2,27(34)30-25(17-32)23-15-7-11-19-9-3-5-13-21(19)23)28(35)31-26(18-33)24-16-8-12-20-10-4-6-14-22(20)24/h3-16,25-26,32-33H,17-18H2,1-2H3,(H,30,34)(H,31,35)/t25-,26-/m0/s1. The van der Waals surface area contributed by atoms with E-state index >= 15 is 0 Å². The maximum Gasteiger partial charge on any atom is 0.235 e. The molecule has 4 N–H and O–H groups in total. The number of benzene rings is 4.